The van der Waals surface area contributed by atoms with Gasteiger partial charge in [-0.25, -0.2) is 13.5 Å². The number of benzene rings is 1. The smallest absolute Gasteiger partial charge is 0.264 e. The van der Waals surface area contributed by atoms with Crippen molar-refractivity contribution < 1.29 is 13.6 Å². The highest BCUT2D eigenvalue weighted by Gasteiger charge is 2.20. The summed E-state index contributed by atoms with van der Waals surface area (Å²) in [7, 11) is 1.58. The average Bonchev–Trinajstić information content (AvgIpc) is 2.86. The minimum absolute atomic E-state index is 0.0382. The highest BCUT2D eigenvalue weighted by Crippen LogP contribution is 2.30. The lowest BCUT2D eigenvalue weighted by molar-refractivity contribution is 0.102. The molecule has 0 saturated carbocycles. The second kappa shape index (κ2) is 6.82. The number of amides is 1. The molecule has 2 rings (SSSR count). The number of nitrogens with one attached hydrogen (secondary N) is 1. The molecule has 22 heavy (non-hydrogen) atoms. The van der Waals surface area contributed by atoms with Crippen LogP contribution in [0.5, 0.6) is 0 Å². The Balaban J connectivity index is 2.37. The summed E-state index contributed by atoms with van der Waals surface area (Å²) in [6.07, 6.45) is -0.743. The third kappa shape index (κ3) is 3.24. The molecule has 0 radical (unpaired) electrons. The van der Waals surface area contributed by atoms with Gasteiger partial charge in [0, 0.05) is 23.9 Å². The number of carbonyl (C=O) groups excluding carboxylic acids is 1. The first-order chi connectivity index (χ1) is 10.5. The SMILES string of the molecule is CSCc1c(C(F)F)ccc(C(=O)Nc2nnnn2C)c1C. The molecule has 6 nitrogen and oxygen atoms in total. The van der Waals surface area contributed by atoms with Crippen molar-refractivity contribution in [1.29, 1.82) is 0 Å². The Bertz CT molecular complexity index is 689. The van der Waals surface area contributed by atoms with Crippen LogP contribution in [0.4, 0.5) is 14.7 Å². The lowest BCUT2D eigenvalue weighted by Gasteiger charge is -2.15. The van der Waals surface area contributed by atoms with Gasteiger partial charge in [0.05, 0.1) is 0 Å². The van der Waals surface area contributed by atoms with Crippen molar-refractivity contribution in [2.75, 3.05) is 11.6 Å². The average molecular weight is 327 g/mol. The van der Waals surface area contributed by atoms with Crippen LogP contribution in [-0.4, -0.2) is 32.4 Å². The Morgan fingerprint density at radius 3 is 2.73 bits per heavy atom. The minimum atomic E-state index is -2.57. The number of hydrogen-bond acceptors (Lipinski definition) is 5. The van der Waals surface area contributed by atoms with Crippen LogP contribution in [0.3, 0.4) is 0 Å². The van der Waals surface area contributed by atoms with Gasteiger partial charge >= 0.3 is 0 Å². The van der Waals surface area contributed by atoms with Gasteiger partial charge in [-0.1, -0.05) is 11.2 Å². The monoisotopic (exact) mass is 327 g/mol. The number of tetrazole rings is 1. The molecule has 1 N–H and O–H groups in total. The number of alkyl halides is 2. The van der Waals surface area contributed by atoms with Gasteiger partial charge in [0.2, 0.25) is 5.95 Å². The van der Waals surface area contributed by atoms with Crippen LogP contribution in [-0.2, 0) is 12.8 Å². The maximum absolute atomic E-state index is 13.1. The van der Waals surface area contributed by atoms with E-state index in [9.17, 15) is 13.6 Å². The van der Waals surface area contributed by atoms with Gasteiger partial charge in [0.1, 0.15) is 0 Å². The van der Waals surface area contributed by atoms with Gasteiger partial charge in [0.15, 0.2) is 0 Å². The molecule has 0 spiro atoms. The summed E-state index contributed by atoms with van der Waals surface area (Å²) in [5.41, 5.74) is 1.33. The Hall–Kier alpha value is -2.03. The maximum Gasteiger partial charge on any atom is 0.264 e. The summed E-state index contributed by atoms with van der Waals surface area (Å²) in [6.45, 7) is 1.67. The number of hydrogen-bond donors (Lipinski definition) is 1. The second-order valence-electron chi connectivity index (χ2n) is 4.62. The van der Waals surface area contributed by atoms with Crippen LogP contribution in [0, 0.1) is 6.92 Å². The fourth-order valence-corrected chi connectivity index (χ4v) is 2.74. The number of thioether (sulfide) groups is 1. The van der Waals surface area contributed by atoms with E-state index in [1.807, 2.05) is 6.26 Å². The first-order valence-corrected chi connectivity index (χ1v) is 7.78. The van der Waals surface area contributed by atoms with Crippen LogP contribution in [0.2, 0.25) is 0 Å². The van der Waals surface area contributed by atoms with Gasteiger partial charge in [-0.15, -0.1) is 0 Å². The molecular weight excluding hydrogens is 312 g/mol. The van der Waals surface area contributed by atoms with E-state index in [0.717, 1.165) is 0 Å². The van der Waals surface area contributed by atoms with Crippen LogP contribution in [0.15, 0.2) is 12.1 Å². The number of rotatable bonds is 5. The molecule has 0 unspecified atom stereocenters. The Morgan fingerprint density at radius 2 is 2.18 bits per heavy atom. The molecule has 0 fully saturated rings. The first kappa shape index (κ1) is 16.3. The highest BCUT2D eigenvalue weighted by molar-refractivity contribution is 7.97. The zero-order valence-corrected chi connectivity index (χ0v) is 13.1. The highest BCUT2D eigenvalue weighted by atomic mass is 32.2. The largest absolute Gasteiger partial charge is 0.289 e. The Morgan fingerprint density at radius 1 is 1.45 bits per heavy atom. The van der Waals surface area contributed by atoms with Gasteiger partial charge < -0.3 is 0 Å². The zero-order valence-electron chi connectivity index (χ0n) is 12.3. The van der Waals surface area contributed by atoms with Gasteiger partial charge in [0.25, 0.3) is 12.3 Å². The van der Waals surface area contributed by atoms with Crippen LogP contribution in [0.1, 0.15) is 33.5 Å². The molecule has 0 aliphatic carbocycles. The van der Waals surface area contributed by atoms with Crippen molar-refractivity contribution in [3.8, 4) is 0 Å². The molecule has 0 aliphatic rings. The molecule has 118 valence electrons. The third-order valence-electron chi connectivity index (χ3n) is 3.25. The number of nitrogens with zero attached hydrogens (tertiary/aromatic N) is 4. The summed E-state index contributed by atoms with van der Waals surface area (Å²) in [6, 6.07) is 2.70. The van der Waals surface area contributed by atoms with E-state index in [1.54, 1.807) is 14.0 Å². The normalized spacial score (nSPS) is 11.0. The van der Waals surface area contributed by atoms with E-state index in [2.05, 4.69) is 20.8 Å². The predicted octanol–water partition coefficient (Wildman–Crippen LogP) is 2.57. The molecule has 1 heterocycles. The van der Waals surface area contributed by atoms with E-state index in [1.165, 1.54) is 28.6 Å². The van der Waals surface area contributed by atoms with Crippen molar-refractivity contribution in [2.45, 2.75) is 19.1 Å². The molecule has 1 aromatic heterocycles. The summed E-state index contributed by atoms with van der Waals surface area (Å²) in [5.74, 6) is 0.172. The summed E-state index contributed by atoms with van der Waals surface area (Å²) in [4.78, 5) is 12.3. The van der Waals surface area contributed by atoms with Crippen molar-refractivity contribution in [1.82, 2.24) is 20.2 Å². The lowest BCUT2D eigenvalue weighted by Crippen LogP contribution is -2.17. The number of carbonyl (C=O) groups is 1. The van der Waals surface area contributed by atoms with Gasteiger partial charge in [-0.05, 0) is 40.8 Å². The number of aromatic nitrogens is 4. The Labute approximate surface area is 130 Å². The van der Waals surface area contributed by atoms with Crippen molar-refractivity contribution in [3.05, 3.63) is 34.4 Å². The van der Waals surface area contributed by atoms with E-state index in [0.29, 0.717) is 22.4 Å². The maximum atomic E-state index is 13.1. The predicted molar refractivity (Wildman–Crippen MR) is 80.1 cm³/mol. The van der Waals surface area contributed by atoms with E-state index in [4.69, 9.17) is 0 Å². The van der Waals surface area contributed by atoms with Crippen molar-refractivity contribution in [3.63, 3.8) is 0 Å². The lowest BCUT2D eigenvalue weighted by atomic mass is 9.97. The molecule has 1 amide bonds. The molecule has 9 heteroatoms. The van der Waals surface area contributed by atoms with Crippen LogP contribution >= 0.6 is 11.8 Å². The number of halogens is 2. The number of aryl methyl sites for hydroxylation is 1. The van der Waals surface area contributed by atoms with Crippen molar-refractivity contribution in [2.24, 2.45) is 7.05 Å². The standard InChI is InChI=1S/C13H15F2N5OS/c1-7-8(12(21)16-13-17-18-19-20(13)2)4-5-9(11(14)15)10(7)6-22-3/h4-5,11H,6H2,1-3H3,(H,16,17,19,21). The van der Waals surface area contributed by atoms with Gasteiger partial charge in [-0.3, -0.25) is 10.1 Å². The quantitative estimate of drug-likeness (QED) is 0.914. The minimum Gasteiger partial charge on any atom is -0.289 e. The van der Waals surface area contributed by atoms with E-state index >= 15 is 0 Å². The molecule has 0 aliphatic heterocycles. The summed E-state index contributed by atoms with van der Waals surface area (Å²) >= 11 is 1.43. The topological polar surface area (TPSA) is 72.7 Å². The van der Waals surface area contributed by atoms with Crippen LogP contribution < -0.4 is 5.32 Å². The fraction of sp³-hybridized carbons (Fsp3) is 0.385. The second-order valence-corrected chi connectivity index (χ2v) is 5.49. The molecule has 2 aromatic rings. The van der Waals surface area contributed by atoms with Crippen molar-refractivity contribution >= 4 is 23.6 Å². The van der Waals surface area contributed by atoms with E-state index < -0.39 is 12.3 Å². The number of anilines is 1. The summed E-state index contributed by atoms with van der Waals surface area (Å²) in [5, 5.41) is 13.2. The molecule has 0 bridgehead atoms. The first-order valence-electron chi connectivity index (χ1n) is 6.38. The molecule has 0 saturated heterocycles. The summed E-state index contributed by atoms with van der Waals surface area (Å²) < 4.78 is 27.5. The molecule has 1 aromatic carbocycles. The third-order valence-corrected chi connectivity index (χ3v) is 3.83. The zero-order chi connectivity index (χ0) is 16.3. The fourth-order valence-electron chi connectivity index (χ4n) is 2.07. The molecule has 0 atom stereocenters. The molecular formula is C13H15F2N5OS. The van der Waals surface area contributed by atoms with Gasteiger partial charge in [-0.2, -0.15) is 11.8 Å². The van der Waals surface area contributed by atoms with Crippen LogP contribution in [0.25, 0.3) is 0 Å². The Kier molecular flexibility index (Phi) is 5.07. The van der Waals surface area contributed by atoms with E-state index in [-0.39, 0.29) is 11.5 Å².